The van der Waals surface area contributed by atoms with Crippen LogP contribution in [0.3, 0.4) is 0 Å². The number of pyridine rings is 1. The summed E-state index contributed by atoms with van der Waals surface area (Å²) in [6, 6.07) is 10.0. The first kappa shape index (κ1) is 16.5. The fraction of sp³-hybridized carbons (Fsp3) is 0.0625. The van der Waals surface area contributed by atoms with E-state index in [4.69, 9.17) is 16.3 Å². The molecule has 2 N–H and O–H groups in total. The van der Waals surface area contributed by atoms with Crippen LogP contribution in [0.2, 0.25) is 5.02 Å². The molecule has 0 radical (unpaired) electrons. The molecular weight excluding hydrogens is 318 g/mol. The molecule has 0 saturated heterocycles. The number of rotatable bonds is 4. The van der Waals surface area contributed by atoms with Gasteiger partial charge in [0.15, 0.2) is 0 Å². The van der Waals surface area contributed by atoms with Crippen LogP contribution in [0.5, 0.6) is 5.75 Å². The summed E-state index contributed by atoms with van der Waals surface area (Å²) >= 11 is 5.99. The molecule has 0 aliphatic rings. The first-order valence-electron chi connectivity index (χ1n) is 6.63. The third kappa shape index (κ3) is 4.82. The number of nitrogens with one attached hydrogen (secondary N) is 2. The Morgan fingerprint density at radius 1 is 1.22 bits per heavy atom. The average molecular weight is 332 g/mol. The zero-order valence-electron chi connectivity index (χ0n) is 12.2. The number of hydrogen-bond donors (Lipinski definition) is 2. The molecule has 1 aromatic heterocycles. The molecule has 0 aliphatic heterocycles. The van der Waals surface area contributed by atoms with Gasteiger partial charge in [0.05, 0.1) is 12.1 Å². The lowest BCUT2D eigenvalue weighted by molar-refractivity contribution is -0.117. The molecule has 0 spiro atoms. The third-order valence-corrected chi connectivity index (χ3v) is 3.10. The summed E-state index contributed by atoms with van der Waals surface area (Å²) in [7, 11) is 1.52. The second-order valence-electron chi connectivity index (χ2n) is 4.39. The standard InChI is InChI=1S/C16H14ClN3O3/c1-23-14-7-5-11(10-12(14)17)6-8-15(21)19-20-16(22)13-4-2-3-9-18-13/h2-10H,1H3,(H,19,21)(H,20,22). The topological polar surface area (TPSA) is 80.3 Å². The molecule has 2 aromatic rings. The summed E-state index contributed by atoms with van der Waals surface area (Å²) in [5.41, 5.74) is 5.46. The first-order chi connectivity index (χ1) is 11.1. The zero-order chi connectivity index (χ0) is 16.7. The maximum absolute atomic E-state index is 11.7. The summed E-state index contributed by atoms with van der Waals surface area (Å²) in [4.78, 5) is 27.2. The third-order valence-electron chi connectivity index (χ3n) is 2.80. The van der Waals surface area contributed by atoms with Crippen molar-refractivity contribution < 1.29 is 14.3 Å². The first-order valence-corrected chi connectivity index (χ1v) is 7.01. The van der Waals surface area contributed by atoms with Gasteiger partial charge in [-0.3, -0.25) is 25.4 Å². The zero-order valence-corrected chi connectivity index (χ0v) is 13.0. The van der Waals surface area contributed by atoms with Crippen LogP contribution in [0.1, 0.15) is 16.1 Å². The molecule has 118 valence electrons. The van der Waals surface area contributed by atoms with Gasteiger partial charge in [-0.15, -0.1) is 0 Å². The number of aromatic nitrogens is 1. The molecule has 6 nitrogen and oxygen atoms in total. The minimum Gasteiger partial charge on any atom is -0.495 e. The van der Waals surface area contributed by atoms with Crippen molar-refractivity contribution in [2.75, 3.05) is 7.11 Å². The van der Waals surface area contributed by atoms with E-state index in [1.807, 2.05) is 0 Å². The Hall–Kier alpha value is -2.86. The molecule has 0 bridgehead atoms. The van der Waals surface area contributed by atoms with Gasteiger partial charge in [-0.25, -0.2) is 0 Å². The smallest absolute Gasteiger partial charge is 0.288 e. The molecule has 2 rings (SSSR count). The Kier molecular flexibility index (Phi) is 5.71. The van der Waals surface area contributed by atoms with Crippen molar-refractivity contribution in [3.8, 4) is 5.75 Å². The van der Waals surface area contributed by atoms with Gasteiger partial charge >= 0.3 is 0 Å². The van der Waals surface area contributed by atoms with Crippen molar-refractivity contribution in [3.63, 3.8) is 0 Å². The normalized spacial score (nSPS) is 10.3. The van der Waals surface area contributed by atoms with Crippen LogP contribution in [0.4, 0.5) is 0 Å². The number of carbonyl (C=O) groups is 2. The van der Waals surface area contributed by atoms with Gasteiger partial charge in [0.2, 0.25) is 0 Å². The van der Waals surface area contributed by atoms with E-state index >= 15 is 0 Å². The van der Waals surface area contributed by atoms with E-state index in [0.717, 1.165) is 5.56 Å². The molecule has 7 heteroatoms. The van der Waals surface area contributed by atoms with Crippen LogP contribution in [0, 0.1) is 0 Å². The summed E-state index contributed by atoms with van der Waals surface area (Å²) in [5.74, 6) is -0.433. The van der Waals surface area contributed by atoms with Crippen LogP contribution >= 0.6 is 11.6 Å². The number of ether oxygens (including phenoxy) is 1. The Morgan fingerprint density at radius 2 is 2.04 bits per heavy atom. The van der Waals surface area contributed by atoms with Crippen molar-refractivity contribution in [2.24, 2.45) is 0 Å². The van der Waals surface area contributed by atoms with E-state index in [2.05, 4.69) is 15.8 Å². The van der Waals surface area contributed by atoms with Gasteiger partial charge in [0.25, 0.3) is 11.8 Å². The van der Waals surface area contributed by atoms with E-state index in [-0.39, 0.29) is 5.69 Å². The highest BCUT2D eigenvalue weighted by Gasteiger charge is 2.06. The molecule has 2 amide bonds. The maximum atomic E-state index is 11.7. The number of nitrogens with zero attached hydrogens (tertiary/aromatic N) is 1. The van der Waals surface area contributed by atoms with Crippen LogP contribution in [0.15, 0.2) is 48.7 Å². The number of hydrogen-bond acceptors (Lipinski definition) is 4. The van der Waals surface area contributed by atoms with Crippen molar-refractivity contribution in [2.45, 2.75) is 0 Å². The van der Waals surface area contributed by atoms with E-state index in [9.17, 15) is 9.59 Å². The number of hydrazine groups is 1. The fourth-order valence-corrected chi connectivity index (χ4v) is 1.95. The van der Waals surface area contributed by atoms with Crippen LogP contribution in [-0.2, 0) is 4.79 Å². The second kappa shape index (κ2) is 7.95. The van der Waals surface area contributed by atoms with E-state index in [1.54, 1.807) is 36.4 Å². The number of amides is 2. The van der Waals surface area contributed by atoms with Gasteiger partial charge in [-0.2, -0.15) is 0 Å². The van der Waals surface area contributed by atoms with E-state index in [1.165, 1.54) is 25.4 Å². The molecule has 1 aromatic carbocycles. The van der Waals surface area contributed by atoms with E-state index < -0.39 is 11.8 Å². The maximum Gasteiger partial charge on any atom is 0.288 e. The van der Waals surface area contributed by atoms with Gasteiger partial charge in [0, 0.05) is 12.3 Å². The number of carbonyl (C=O) groups excluding carboxylic acids is 2. The van der Waals surface area contributed by atoms with Crippen molar-refractivity contribution >= 4 is 29.5 Å². The van der Waals surface area contributed by atoms with Gasteiger partial charge < -0.3 is 4.74 Å². The molecular formula is C16H14ClN3O3. The highest BCUT2D eigenvalue weighted by atomic mass is 35.5. The lowest BCUT2D eigenvalue weighted by Crippen LogP contribution is -2.41. The van der Waals surface area contributed by atoms with Gasteiger partial charge in [0.1, 0.15) is 11.4 Å². The fourth-order valence-electron chi connectivity index (χ4n) is 1.68. The summed E-state index contributed by atoms with van der Waals surface area (Å²) in [5, 5.41) is 0.443. The van der Waals surface area contributed by atoms with Crippen LogP contribution in [-0.4, -0.2) is 23.9 Å². The Bertz CT molecular complexity index is 733. The lowest BCUT2D eigenvalue weighted by Gasteiger charge is -2.05. The molecule has 23 heavy (non-hydrogen) atoms. The molecule has 0 aliphatic carbocycles. The Morgan fingerprint density at radius 3 is 2.70 bits per heavy atom. The minimum absolute atomic E-state index is 0.207. The molecule has 0 fully saturated rings. The number of benzene rings is 1. The lowest BCUT2D eigenvalue weighted by atomic mass is 10.2. The summed E-state index contributed by atoms with van der Waals surface area (Å²) in [6.45, 7) is 0. The molecule has 0 atom stereocenters. The SMILES string of the molecule is COc1ccc(C=CC(=O)NNC(=O)c2ccccn2)cc1Cl. The molecule has 1 heterocycles. The summed E-state index contributed by atoms with van der Waals surface area (Å²) in [6.07, 6.45) is 4.33. The highest BCUT2D eigenvalue weighted by molar-refractivity contribution is 6.32. The predicted octanol–water partition coefficient (Wildman–Crippen LogP) is 2.22. The number of halogens is 1. The van der Waals surface area contributed by atoms with E-state index in [0.29, 0.717) is 10.8 Å². The predicted molar refractivity (Wildman–Crippen MR) is 86.9 cm³/mol. The Balaban J connectivity index is 1.89. The molecule has 0 saturated carbocycles. The van der Waals surface area contributed by atoms with Gasteiger partial charge in [-0.1, -0.05) is 23.7 Å². The summed E-state index contributed by atoms with van der Waals surface area (Å²) < 4.78 is 5.04. The number of methoxy groups -OCH3 is 1. The van der Waals surface area contributed by atoms with Crippen LogP contribution < -0.4 is 15.6 Å². The van der Waals surface area contributed by atoms with Crippen LogP contribution in [0.25, 0.3) is 6.08 Å². The van der Waals surface area contributed by atoms with Crippen molar-refractivity contribution in [3.05, 3.63) is 65.0 Å². The van der Waals surface area contributed by atoms with Crippen molar-refractivity contribution in [1.29, 1.82) is 0 Å². The highest BCUT2D eigenvalue weighted by Crippen LogP contribution is 2.25. The minimum atomic E-state index is -0.500. The van der Waals surface area contributed by atoms with Gasteiger partial charge in [-0.05, 0) is 35.9 Å². The Labute approximate surface area is 138 Å². The van der Waals surface area contributed by atoms with Crippen molar-refractivity contribution in [1.82, 2.24) is 15.8 Å². The quantitative estimate of drug-likeness (QED) is 0.665. The second-order valence-corrected chi connectivity index (χ2v) is 4.79. The average Bonchev–Trinajstić information content (AvgIpc) is 2.58. The monoisotopic (exact) mass is 331 g/mol. The molecule has 0 unspecified atom stereocenters. The largest absolute Gasteiger partial charge is 0.495 e.